The molecule has 38 heavy (non-hydrogen) atoms. The van der Waals surface area contributed by atoms with Gasteiger partial charge >= 0.3 is 0 Å². The maximum absolute atomic E-state index is 6.10. The molecule has 0 saturated carbocycles. The molecule has 0 amide bonds. The van der Waals surface area contributed by atoms with E-state index in [1.165, 1.54) is 12.0 Å². The highest BCUT2D eigenvalue weighted by Crippen LogP contribution is 2.24. The average Bonchev–Trinajstić information content (AvgIpc) is 2.95. The number of aromatic nitrogens is 2. The van der Waals surface area contributed by atoms with Gasteiger partial charge in [0.1, 0.15) is 17.4 Å². The van der Waals surface area contributed by atoms with Gasteiger partial charge in [0.25, 0.3) is 0 Å². The van der Waals surface area contributed by atoms with Crippen LogP contribution < -0.4 is 15.4 Å². The monoisotopic (exact) mass is 515 g/mol. The topological polar surface area (TPSA) is 80.7 Å². The van der Waals surface area contributed by atoms with Gasteiger partial charge in [-0.15, -0.1) is 0 Å². The van der Waals surface area contributed by atoms with Gasteiger partial charge in [-0.2, -0.15) is 4.98 Å². The van der Waals surface area contributed by atoms with Crippen LogP contribution >= 0.6 is 0 Å². The number of aliphatic imine (C=N–C) groups is 1. The number of allylic oxidation sites excluding steroid dienone is 3. The van der Waals surface area contributed by atoms with Crippen LogP contribution in [0.5, 0.6) is 5.75 Å². The molecule has 2 heterocycles. The van der Waals surface area contributed by atoms with E-state index in [0.29, 0.717) is 12.5 Å². The van der Waals surface area contributed by atoms with Crippen molar-refractivity contribution in [1.82, 2.24) is 9.97 Å². The number of ether oxygens (including phenoxy) is 2. The molecular formula is C31H41N5O2. The highest BCUT2D eigenvalue weighted by atomic mass is 16.5. The minimum atomic E-state index is 0.560. The Hall–Kier alpha value is -3.71. The van der Waals surface area contributed by atoms with Crippen LogP contribution in [0.4, 0.5) is 11.8 Å². The van der Waals surface area contributed by atoms with Crippen LogP contribution in [0.15, 0.2) is 77.3 Å². The fourth-order valence-electron chi connectivity index (χ4n) is 3.90. The third kappa shape index (κ3) is 9.30. The summed E-state index contributed by atoms with van der Waals surface area (Å²) >= 11 is 0. The number of nitrogens with one attached hydrogen (secondary N) is 2. The molecule has 0 radical (unpaired) electrons. The molecule has 1 aliphatic rings. The smallest absolute Gasteiger partial charge is 0.225 e. The third-order valence-electron chi connectivity index (χ3n) is 6.05. The van der Waals surface area contributed by atoms with Crippen LogP contribution in [0, 0.1) is 0 Å². The Morgan fingerprint density at radius 2 is 1.79 bits per heavy atom. The number of methoxy groups -OCH3 is 1. The molecule has 0 aliphatic carbocycles. The van der Waals surface area contributed by atoms with Crippen molar-refractivity contribution < 1.29 is 9.47 Å². The lowest BCUT2D eigenvalue weighted by atomic mass is 10.1. The van der Waals surface area contributed by atoms with Gasteiger partial charge in [-0.25, -0.2) is 4.98 Å². The largest absolute Gasteiger partial charge is 0.493 e. The summed E-state index contributed by atoms with van der Waals surface area (Å²) in [5.74, 6) is 2.97. The van der Waals surface area contributed by atoms with Crippen LogP contribution in [0.1, 0.15) is 51.5 Å². The van der Waals surface area contributed by atoms with Crippen LogP contribution in [-0.4, -0.2) is 43.2 Å². The molecule has 1 aliphatic heterocycles. The normalized spacial score (nSPS) is 18.3. The van der Waals surface area contributed by atoms with Crippen molar-refractivity contribution in [2.45, 2.75) is 52.5 Å². The molecule has 7 heteroatoms. The molecule has 3 aromatic rings. The first kappa shape index (κ1) is 28.9. The number of amidine groups is 1. The van der Waals surface area contributed by atoms with E-state index in [0.717, 1.165) is 72.8 Å². The molecule has 4 rings (SSSR count). The Kier molecular flexibility index (Phi) is 12.3. The molecule has 2 bridgehead atoms. The number of rotatable bonds is 1. The fourth-order valence-corrected chi connectivity index (χ4v) is 3.90. The van der Waals surface area contributed by atoms with E-state index < -0.39 is 0 Å². The number of nitrogens with zero attached hydrogens (tertiary/aromatic N) is 3. The Morgan fingerprint density at radius 3 is 2.61 bits per heavy atom. The Balaban J connectivity index is 0.000000934. The zero-order valence-electron chi connectivity index (χ0n) is 23.2. The first-order chi connectivity index (χ1) is 18.6. The minimum absolute atomic E-state index is 0.560. The number of hydrogen-bond donors (Lipinski definition) is 2. The molecule has 0 saturated heterocycles. The van der Waals surface area contributed by atoms with E-state index in [4.69, 9.17) is 14.7 Å². The zero-order chi connectivity index (χ0) is 27.0. The summed E-state index contributed by atoms with van der Waals surface area (Å²) in [6, 6.07) is 16.2. The number of hydrogen-bond acceptors (Lipinski definition) is 6. The number of para-hydroxylation sites is 2. The molecule has 202 valence electrons. The van der Waals surface area contributed by atoms with E-state index in [-0.39, 0.29) is 0 Å². The third-order valence-corrected chi connectivity index (χ3v) is 6.05. The SMILES string of the molecule is CCOC.CN=C1/C=C(\C)C/C=C\CCCCCOc2ccccc2CNc2nc(c3ccccc3n2)N1. The lowest BCUT2D eigenvalue weighted by Crippen LogP contribution is -2.13. The van der Waals surface area contributed by atoms with E-state index in [1.807, 2.05) is 49.4 Å². The second-order valence-corrected chi connectivity index (χ2v) is 9.05. The Bertz CT molecular complexity index is 1230. The lowest BCUT2D eigenvalue weighted by Gasteiger charge is -2.14. The van der Waals surface area contributed by atoms with Gasteiger partial charge in [-0.3, -0.25) is 4.99 Å². The van der Waals surface area contributed by atoms with Gasteiger partial charge in [0.15, 0.2) is 0 Å². The fraction of sp³-hybridized carbons (Fsp3) is 0.387. The van der Waals surface area contributed by atoms with E-state index in [2.05, 4.69) is 51.6 Å². The van der Waals surface area contributed by atoms with E-state index >= 15 is 0 Å². The predicted octanol–water partition coefficient (Wildman–Crippen LogP) is 7.18. The standard InChI is InChI=1S/C28H33N5O.C3H8O/c1-21-13-7-5-3-4-6-12-18-34-25-17-11-8-14-22(25)20-30-28-31-24-16-10-9-15-23(24)27(33-28)32-26(19-21)29-2;1-3-4-2/h5,7-11,14-17,19H,3-4,6,12-13,18,20H2,1-2H3,(H2,29,30,31,32,33);3H2,1-2H3/b7-5-,21-19+;. The van der Waals surface area contributed by atoms with Gasteiger partial charge in [0.2, 0.25) is 5.95 Å². The lowest BCUT2D eigenvalue weighted by molar-refractivity contribution is 0.215. The van der Waals surface area contributed by atoms with Crippen molar-refractivity contribution in [3.05, 3.63) is 77.9 Å². The van der Waals surface area contributed by atoms with Crippen molar-refractivity contribution in [3.8, 4) is 5.75 Å². The van der Waals surface area contributed by atoms with Gasteiger partial charge in [0, 0.05) is 38.3 Å². The predicted molar refractivity (Wildman–Crippen MR) is 159 cm³/mol. The van der Waals surface area contributed by atoms with Gasteiger partial charge < -0.3 is 20.1 Å². The first-order valence-electron chi connectivity index (χ1n) is 13.4. The highest BCUT2D eigenvalue weighted by molar-refractivity contribution is 6.07. The Labute approximate surface area is 227 Å². The van der Waals surface area contributed by atoms with Crippen molar-refractivity contribution in [2.24, 2.45) is 4.99 Å². The van der Waals surface area contributed by atoms with Gasteiger partial charge in [-0.05, 0) is 70.2 Å². The second kappa shape index (κ2) is 16.2. The van der Waals surface area contributed by atoms with Crippen LogP contribution in [0.2, 0.25) is 0 Å². The molecule has 0 atom stereocenters. The highest BCUT2D eigenvalue weighted by Gasteiger charge is 2.10. The van der Waals surface area contributed by atoms with E-state index in [1.54, 1.807) is 14.2 Å². The molecule has 7 nitrogen and oxygen atoms in total. The molecule has 1 aromatic heterocycles. The quantitative estimate of drug-likeness (QED) is 0.334. The maximum atomic E-state index is 6.10. The minimum Gasteiger partial charge on any atom is -0.493 e. The van der Waals surface area contributed by atoms with Crippen LogP contribution in [0.3, 0.4) is 0 Å². The van der Waals surface area contributed by atoms with Crippen molar-refractivity contribution in [1.29, 1.82) is 0 Å². The summed E-state index contributed by atoms with van der Waals surface area (Å²) in [5, 5.41) is 7.76. The summed E-state index contributed by atoms with van der Waals surface area (Å²) in [7, 11) is 3.47. The molecular weight excluding hydrogens is 474 g/mol. The first-order valence-corrected chi connectivity index (χ1v) is 13.4. The molecule has 2 aromatic carbocycles. The van der Waals surface area contributed by atoms with Crippen LogP contribution in [0.25, 0.3) is 10.9 Å². The van der Waals surface area contributed by atoms with E-state index in [9.17, 15) is 0 Å². The second-order valence-electron chi connectivity index (χ2n) is 9.05. The number of benzene rings is 2. The summed E-state index contributed by atoms with van der Waals surface area (Å²) in [6.45, 7) is 6.21. The van der Waals surface area contributed by atoms with Gasteiger partial charge in [0.05, 0.1) is 12.1 Å². The summed E-state index contributed by atoms with van der Waals surface area (Å²) in [5.41, 5.74) is 3.19. The Morgan fingerprint density at radius 1 is 1.00 bits per heavy atom. The average molecular weight is 516 g/mol. The molecule has 0 fully saturated rings. The van der Waals surface area contributed by atoms with Gasteiger partial charge in [-0.1, -0.05) is 48.1 Å². The summed E-state index contributed by atoms with van der Waals surface area (Å²) < 4.78 is 10.6. The van der Waals surface area contributed by atoms with Crippen LogP contribution in [-0.2, 0) is 11.3 Å². The van der Waals surface area contributed by atoms with Crippen molar-refractivity contribution >= 4 is 28.5 Å². The number of fused-ring (bicyclic) bond motifs is 5. The zero-order valence-corrected chi connectivity index (χ0v) is 23.2. The summed E-state index contributed by atoms with van der Waals surface area (Å²) in [4.78, 5) is 14.0. The number of anilines is 2. The van der Waals surface area contributed by atoms with Crippen molar-refractivity contribution in [3.63, 3.8) is 0 Å². The van der Waals surface area contributed by atoms with Crippen molar-refractivity contribution in [2.75, 3.05) is 38.0 Å². The maximum Gasteiger partial charge on any atom is 0.225 e. The summed E-state index contributed by atoms with van der Waals surface area (Å²) in [6.07, 6.45) is 12.0. The molecule has 0 unspecified atom stereocenters. The molecule has 0 spiro atoms. The molecule has 2 N–H and O–H groups in total.